The van der Waals surface area contributed by atoms with Gasteiger partial charge in [0.15, 0.2) is 9.84 Å². The summed E-state index contributed by atoms with van der Waals surface area (Å²) >= 11 is 0. The van der Waals surface area contributed by atoms with Gasteiger partial charge in [-0.05, 0) is 31.5 Å². The summed E-state index contributed by atoms with van der Waals surface area (Å²) in [6.07, 6.45) is 0.500. The van der Waals surface area contributed by atoms with E-state index in [-0.39, 0.29) is 11.5 Å². The van der Waals surface area contributed by atoms with Gasteiger partial charge in [0, 0.05) is 6.26 Å². The van der Waals surface area contributed by atoms with E-state index in [9.17, 15) is 8.42 Å². The Morgan fingerprint density at radius 3 is 2.56 bits per heavy atom. The summed E-state index contributed by atoms with van der Waals surface area (Å²) in [7, 11) is -3.30. The first-order valence-electron chi connectivity index (χ1n) is 4.92. The molecule has 5 heteroatoms. The molecule has 1 unspecified atom stereocenters. The Kier molecular flexibility index (Phi) is 3.93. The number of benzene rings is 1. The minimum Gasteiger partial charge on any atom is -0.490 e. The number of ether oxygens (including phenoxy) is 1. The first kappa shape index (κ1) is 13.0. The van der Waals surface area contributed by atoms with Crippen molar-refractivity contribution in [3.8, 4) is 5.75 Å². The lowest BCUT2D eigenvalue weighted by Crippen LogP contribution is -2.14. The highest BCUT2D eigenvalue weighted by molar-refractivity contribution is 7.90. The van der Waals surface area contributed by atoms with Crippen molar-refractivity contribution in [1.82, 2.24) is 0 Å². The zero-order valence-corrected chi connectivity index (χ0v) is 10.4. The molecule has 1 atom stereocenters. The van der Waals surface area contributed by atoms with Crippen LogP contribution in [0.2, 0.25) is 0 Å². The van der Waals surface area contributed by atoms with Crippen LogP contribution in [-0.4, -0.2) is 32.5 Å². The monoisotopic (exact) mass is 244 g/mol. The average Bonchev–Trinajstić information content (AvgIpc) is 2.12. The molecule has 1 aromatic carbocycles. The molecule has 1 N–H and O–H groups in total. The standard InChI is InChI=1S/C11H16O4S/c1-8-4-5-11(16(3,13)14)10(6-8)15-7-9(2)12/h4-6,9,12H,7H2,1-3H3. The van der Waals surface area contributed by atoms with Gasteiger partial charge in [0.25, 0.3) is 0 Å². The van der Waals surface area contributed by atoms with Crippen molar-refractivity contribution >= 4 is 9.84 Å². The summed E-state index contributed by atoms with van der Waals surface area (Å²) in [4.78, 5) is 0.152. The van der Waals surface area contributed by atoms with Crippen LogP contribution < -0.4 is 4.74 Å². The number of hydrogen-bond acceptors (Lipinski definition) is 4. The Morgan fingerprint density at radius 2 is 2.06 bits per heavy atom. The molecule has 0 aliphatic rings. The molecule has 16 heavy (non-hydrogen) atoms. The SMILES string of the molecule is Cc1ccc(S(C)(=O)=O)c(OCC(C)O)c1. The summed E-state index contributed by atoms with van der Waals surface area (Å²) in [5.41, 5.74) is 0.910. The zero-order valence-electron chi connectivity index (χ0n) is 9.60. The van der Waals surface area contributed by atoms with Gasteiger partial charge in [-0.25, -0.2) is 8.42 Å². The maximum atomic E-state index is 11.5. The number of aryl methyl sites for hydroxylation is 1. The third-order valence-electron chi connectivity index (χ3n) is 1.98. The van der Waals surface area contributed by atoms with E-state index in [2.05, 4.69) is 0 Å². The van der Waals surface area contributed by atoms with Gasteiger partial charge in [-0.3, -0.25) is 0 Å². The van der Waals surface area contributed by atoms with Gasteiger partial charge in [-0.15, -0.1) is 0 Å². The van der Waals surface area contributed by atoms with Crippen molar-refractivity contribution in [2.24, 2.45) is 0 Å². The van der Waals surface area contributed by atoms with Crippen LogP contribution in [0.4, 0.5) is 0 Å². The number of aliphatic hydroxyl groups excluding tert-OH is 1. The van der Waals surface area contributed by atoms with Crippen molar-refractivity contribution in [2.45, 2.75) is 24.8 Å². The highest BCUT2D eigenvalue weighted by Gasteiger charge is 2.14. The summed E-state index contributed by atoms with van der Waals surface area (Å²) in [6, 6.07) is 4.88. The van der Waals surface area contributed by atoms with Crippen LogP contribution in [0, 0.1) is 6.92 Å². The molecule has 0 fully saturated rings. The molecule has 0 saturated carbocycles. The van der Waals surface area contributed by atoms with Crippen LogP contribution in [-0.2, 0) is 9.84 Å². The van der Waals surface area contributed by atoms with Crippen molar-refractivity contribution < 1.29 is 18.3 Å². The summed E-state index contributed by atoms with van der Waals surface area (Å²) < 4.78 is 28.2. The zero-order chi connectivity index (χ0) is 12.3. The molecule has 0 aliphatic heterocycles. The molecule has 0 aliphatic carbocycles. The topological polar surface area (TPSA) is 63.6 Å². The van der Waals surface area contributed by atoms with E-state index in [0.717, 1.165) is 11.8 Å². The predicted octanol–water partition coefficient (Wildman–Crippen LogP) is 1.16. The van der Waals surface area contributed by atoms with Crippen molar-refractivity contribution in [1.29, 1.82) is 0 Å². The molecule has 0 aromatic heterocycles. The molecule has 1 rings (SSSR count). The second kappa shape index (κ2) is 4.84. The minimum absolute atomic E-state index is 0.0754. The van der Waals surface area contributed by atoms with Crippen LogP contribution >= 0.6 is 0 Å². The fraction of sp³-hybridized carbons (Fsp3) is 0.455. The average molecular weight is 244 g/mol. The fourth-order valence-corrected chi connectivity index (χ4v) is 2.04. The maximum absolute atomic E-state index is 11.5. The molecular formula is C11H16O4S. The smallest absolute Gasteiger partial charge is 0.179 e. The lowest BCUT2D eigenvalue weighted by molar-refractivity contribution is 0.121. The van der Waals surface area contributed by atoms with E-state index in [4.69, 9.17) is 9.84 Å². The molecule has 0 bridgehead atoms. The number of hydrogen-bond donors (Lipinski definition) is 1. The van der Waals surface area contributed by atoms with E-state index >= 15 is 0 Å². The number of sulfone groups is 1. The second-order valence-corrected chi connectivity index (χ2v) is 5.87. The molecule has 0 saturated heterocycles. The van der Waals surface area contributed by atoms with Crippen molar-refractivity contribution in [3.05, 3.63) is 23.8 Å². The molecule has 0 amide bonds. The van der Waals surface area contributed by atoms with E-state index in [1.165, 1.54) is 6.07 Å². The highest BCUT2D eigenvalue weighted by Crippen LogP contribution is 2.25. The normalized spacial score (nSPS) is 13.5. The quantitative estimate of drug-likeness (QED) is 0.863. The third-order valence-corrected chi connectivity index (χ3v) is 3.11. The maximum Gasteiger partial charge on any atom is 0.179 e. The third kappa shape index (κ3) is 3.50. The number of aliphatic hydroxyl groups is 1. The van der Waals surface area contributed by atoms with E-state index in [0.29, 0.717) is 5.75 Å². The largest absolute Gasteiger partial charge is 0.490 e. The Morgan fingerprint density at radius 1 is 1.44 bits per heavy atom. The summed E-state index contributed by atoms with van der Waals surface area (Å²) in [5, 5.41) is 9.10. The van der Waals surface area contributed by atoms with Gasteiger partial charge in [-0.2, -0.15) is 0 Å². The van der Waals surface area contributed by atoms with E-state index in [1.807, 2.05) is 6.92 Å². The fourth-order valence-electron chi connectivity index (χ4n) is 1.24. The van der Waals surface area contributed by atoms with Crippen LogP contribution in [0.1, 0.15) is 12.5 Å². The van der Waals surface area contributed by atoms with E-state index < -0.39 is 15.9 Å². The Bertz CT molecular complexity index is 463. The Balaban J connectivity index is 3.09. The molecular weight excluding hydrogens is 228 g/mol. The van der Waals surface area contributed by atoms with Crippen molar-refractivity contribution in [3.63, 3.8) is 0 Å². The summed E-state index contributed by atoms with van der Waals surface area (Å²) in [6.45, 7) is 3.50. The van der Waals surface area contributed by atoms with Crippen LogP contribution in [0.25, 0.3) is 0 Å². The molecule has 1 aromatic rings. The molecule has 0 radical (unpaired) electrons. The minimum atomic E-state index is -3.30. The van der Waals surface area contributed by atoms with Gasteiger partial charge in [-0.1, -0.05) is 6.07 Å². The lowest BCUT2D eigenvalue weighted by Gasteiger charge is -2.12. The molecule has 0 spiro atoms. The van der Waals surface area contributed by atoms with Gasteiger partial charge in [0.1, 0.15) is 17.3 Å². The molecule has 90 valence electrons. The molecule has 4 nitrogen and oxygen atoms in total. The van der Waals surface area contributed by atoms with Gasteiger partial charge < -0.3 is 9.84 Å². The van der Waals surface area contributed by atoms with Crippen LogP contribution in [0.3, 0.4) is 0 Å². The van der Waals surface area contributed by atoms with Crippen molar-refractivity contribution in [2.75, 3.05) is 12.9 Å². The van der Waals surface area contributed by atoms with Crippen LogP contribution in [0.15, 0.2) is 23.1 Å². The summed E-state index contributed by atoms with van der Waals surface area (Å²) in [5.74, 6) is 0.295. The van der Waals surface area contributed by atoms with Crippen LogP contribution in [0.5, 0.6) is 5.75 Å². The Labute approximate surface area is 95.8 Å². The predicted molar refractivity (Wildman–Crippen MR) is 61.5 cm³/mol. The lowest BCUT2D eigenvalue weighted by atomic mass is 10.2. The van der Waals surface area contributed by atoms with Gasteiger partial charge in [0.2, 0.25) is 0 Å². The van der Waals surface area contributed by atoms with Gasteiger partial charge >= 0.3 is 0 Å². The van der Waals surface area contributed by atoms with Gasteiger partial charge in [0.05, 0.1) is 6.10 Å². The molecule has 0 heterocycles. The second-order valence-electron chi connectivity index (χ2n) is 3.88. The van der Waals surface area contributed by atoms with E-state index in [1.54, 1.807) is 19.1 Å². The first-order valence-corrected chi connectivity index (χ1v) is 6.81. The highest BCUT2D eigenvalue weighted by atomic mass is 32.2. The number of rotatable bonds is 4. The Hall–Kier alpha value is -1.07. The first-order chi connectivity index (χ1) is 7.30.